The summed E-state index contributed by atoms with van der Waals surface area (Å²) in [4.78, 5) is 36.6. The molecule has 2 amide bonds. The first kappa shape index (κ1) is 33.3. The third kappa shape index (κ3) is 7.56. The summed E-state index contributed by atoms with van der Waals surface area (Å²) in [6.45, 7) is 3.98. The average molecular weight is 673 g/mol. The summed E-state index contributed by atoms with van der Waals surface area (Å²) in [5, 5.41) is 16.1. The van der Waals surface area contributed by atoms with Crippen molar-refractivity contribution in [2.75, 3.05) is 25.5 Å². The van der Waals surface area contributed by atoms with Gasteiger partial charge in [-0.3, -0.25) is 14.6 Å². The van der Waals surface area contributed by atoms with Crippen molar-refractivity contribution in [1.82, 2.24) is 36.2 Å². The van der Waals surface area contributed by atoms with Crippen LogP contribution >= 0.6 is 11.6 Å². The molecule has 0 unspecified atom stereocenters. The number of nitrogens with one attached hydrogen (secondary N) is 5. The molecule has 3 aromatic heterocycles. The molecule has 0 radical (unpaired) electrons. The molecular formula is C35H38ClFN8O3. The number of pyridine rings is 3. The number of benzene rings is 1. The van der Waals surface area contributed by atoms with E-state index in [0.29, 0.717) is 78.1 Å². The lowest BCUT2D eigenvalue weighted by Gasteiger charge is -2.17. The number of carbonyl (C=O) groups excluding carboxylic acids is 2. The highest BCUT2D eigenvalue weighted by Crippen LogP contribution is 2.38. The fourth-order valence-corrected chi connectivity index (χ4v) is 6.36. The minimum Gasteiger partial charge on any atom is -0.481 e. The van der Waals surface area contributed by atoms with Crippen LogP contribution in [0.2, 0.25) is 5.02 Å². The minimum atomic E-state index is -0.451. The van der Waals surface area contributed by atoms with E-state index >= 15 is 4.39 Å². The zero-order valence-corrected chi connectivity index (χ0v) is 27.6. The Hall–Kier alpha value is -4.65. The number of nitrogens with zero attached hydrogens (tertiary/aromatic N) is 3. The van der Waals surface area contributed by atoms with Crippen molar-refractivity contribution in [3.63, 3.8) is 0 Å². The largest absolute Gasteiger partial charge is 0.481 e. The van der Waals surface area contributed by atoms with E-state index in [1.807, 2.05) is 43.3 Å². The Morgan fingerprint density at radius 2 is 1.58 bits per heavy atom. The molecule has 0 aliphatic carbocycles. The first-order valence-corrected chi connectivity index (χ1v) is 16.4. The van der Waals surface area contributed by atoms with E-state index in [-0.39, 0.29) is 29.7 Å². The molecular weight excluding hydrogens is 635 g/mol. The van der Waals surface area contributed by atoms with Gasteiger partial charge >= 0.3 is 0 Å². The van der Waals surface area contributed by atoms with Crippen molar-refractivity contribution < 1.29 is 18.7 Å². The molecule has 6 rings (SSSR count). The first-order valence-electron chi connectivity index (χ1n) is 16.0. The van der Waals surface area contributed by atoms with Crippen LogP contribution in [0.25, 0.3) is 22.5 Å². The second kappa shape index (κ2) is 15.1. The van der Waals surface area contributed by atoms with Crippen LogP contribution in [-0.2, 0) is 22.7 Å². The average Bonchev–Trinajstić information content (AvgIpc) is 3.70. The molecule has 5 N–H and O–H groups in total. The monoisotopic (exact) mass is 672 g/mol. The van der Waals surface area contributed by atoms with Crippen molar-refractivity contribution in [2.45, 2.75) is 57.8 Å². The van der Waals surface area contributed by atoms with Gasteiger partial charge in [0.25, 0.3) is 0 Å². The van der Waals surface area contributed by atoms with Gasteiger partial charge in [0, 0.05) is 91.4 Å². The Labute approximate surface area is 283 Å². The lowest BCUT2D eigenvalue weighted by Crippen LogP contribution is -2.35. The van der Waals surface area contributed by atoms with E-state index in [1.165, 1.54) is 0 Å². The number of rotatable bonds is 13. The van der Waals surface area contributed by atoms with Gasteiger partial charge in [-0.15, -0.1) is 0 Å². The summed E-state index contributed by atoms with van der Waals surface area (Å²) < 4.78 is 21.1. The Kier molecular flexibility index (Phi) is 10.4. The number of amides is 2. The summed E-state index contributed by atoms with van der Waals surface area (Å²) in [7, 11) is 1.58. The van der Waals surface area contributed by atoms with Gasteiger partial charge in [-0.25, -0.2) is 14.4 Å². The van der Waals surface area contributed by atoms with E-state index in [0.717, 1.165) is 29.5 Å². The van der Waals surface area contributed by atoms with Crippen LogP contribution < -0.4 is 31.3 Å². The van der Waals surface area contributed by atoms with Gasteiger partial charge in [0.15, 0.2) is 11.6 Å². The van der Waals surface area contributed by atoms with E-state index in [2.05, 4.69) is 36.6 Å². The molecule has 13 heteroatoms. The molecule has 1 aromatic carbocycles. The molecule has 2 aliphatic rings. The zero-order chi connectivity index (χ0) is 33.6. The fourth-order valence-electron chi connectivity index (χ4n) is 6.05. The maximum Gasteiger partial charge on any atom is 0.220 e. The number of carbonyl (C=O) groups is 2. The lowest BCUT2D eigenvalue weighted by atomic mass is 10.0. The third-order valence-electron chi connectivity index (χ3n) is 8.69. The SMILES string of the molecule is COc1nc(-c2ccnc(-c3cccc(Nc4nccc(CNC[C@H]5CCC(=O)N5)c4F)c3C)c2Cl)ccc1CNC[C@@H]1CCC(=O)N1. The maximum absolute atomic E-state index is 15.5. The summed E-state index contributed by atoms with van der Waals surface area (Å²) in [5.74, 6) is 0.269. The van der Waals surface area contributed by atoms with Crippen LogP contribution in [0.4, 0.5) is 15.9 Å². The molecule has 0 saturated carbocycles. The van der Waals surface area contributed by atoms with E-state index in [1.54, 1.807) is 25.6 Å². The van der Waals surface area contributed by atoms with E-state index in [9.17, 15) is 9.59 Å². The highest BCUT2D eigenvalue weighted by molar-refractivity contribution is 6.35. The standard InChI is InChI=1S/C35H38ClFN8O3/c1-20-25(4-3-5-27(20)44-34-32(37)21(12-14-41-34)16-38-18-23-7-10-29(46)42-23)33-31(36)26(13-15-40-33)28-9-6-22(35(45-28)48-2)17-39-19-24-8-11-30(47)43-24/h3-6,9,12-15,23-24,38-39H,7-8,10-11,16-19H2,1-2H3,(H,41,44)(H,42,46)(H,43,47)/t23-,24+/m1/s1. The molecule has 2 aliphatic heterocycles. The summed E-state index contributed by atoms with van der Waals surface area (Å²) in [5.41, 5.74) is 5.48. The van der Waals surface area contributed by atoms with Gasteiger partial charge in [0.2, 0.25) is 17.7 Å². The highest BCUT2D eigenvalue weighted by Gasteiger charge is 2.22. The van der Waals surface area contributed by atoms with Crippen molar-refractivity contribution in [2.24, 2.45) is 0 Å². The normalized spacial score (nSPS) is 17.3. The second-order valence-electron chi connectivity index (χ2n) is 12.0. The molecule has 11 nitrogen and oxygen atoms in total. The highest BCUT2D eigenvalue weighted by atomic mass is 35.5. The van der Waals surface area contributed by atoms with Crippen LogP contribution in [0.5, 0.6) is 5.88 Å². The number of halogens is 2. The molecule has 250 valence electrons. The summed E-state index contributed by atoms with van der Waals surface area (Å²) in [6.07, 6.45) is 5.93. The van der Waals surface area contributed by atoms with Gasteiger partial charge < -0.3 is 31.3 Å². The van der Waals surface area contributed by atoms with Gasteiger partial charge in [0.1, 0.15) is 0 Å². The number of hydrogen-bond acceptors (Lipinski definition) is 9. The molecule has 4 aromatic rings. The van der Waals surface area contributed by atoms with Crippen LogP contribution in [0.3, 0.4) is 0 Å². The van der Waals surface area contributed by atoms with Gasteiger partial charge in [-0.05, 0) is 49.6 Å². The van der Waals surface area contributed by atoms with Crippen molar-refractivity contribution >= 4 is 34.9 Å². The predicted octanol–water partition coefficient (Wildman–Crippen LogP) is 4.80. The fraction of sp³-hybridized carbons (Fsp3) is 0.343. The topological polar surface area (TPSA) is 142 Å². The van der Waals surface area contributed by atoms with E-state index < -0.39 is 5.82 Å². The third-order valence-corrected chi connectivity index (χ3v) is 9.07. The molecule has 2 saturated heterocycles. The number of methoxy groups -OCH3 is 1. The molecule has 48 heavy (non-hydrogen) atoms. The zero-order valence-electron chi connectivity index (χ0n) is 26.8. The Bertz CT molecular complexity index is 1820. The Morgan fingerprint density at radius 3 is 2.25 bits per heavy atom. The van der Waals surface area contributed by atoms with E-state index in [4.69, 9.17) is 21.3 Å². The predicted molar refractivity (Wildman–Crippen MR) is 182 cm³/mol. The van der Waals surface area contributed by atoms with Crippen molar-refractivity contribution in [1.29, 1.82) is 0 Å². The van der Waals surface area contributed by atoms with Crippen molar-refractivity contribution in [3.05, 3.63) is 82.4 Å². The number of hydrogen-bond donors (Lipinski definition) is 5. The summed E-state index contributed by atoms with van der Waals surface area (Å²) in [6, 6.07) is 13.1. The number of anilines is 2. The second-order valence-corrected chi connectivity index (χ2v) is 12.4. The Morgan fingerprint density at radius 1 is 0.896 bits per heavy atom. The molecule has 0 spiro atoms. The van der Waals surface area contributed by atoms with Crippen LogP contribution in [-0.4, -0.2) is 59.0 Å². The lowest BCUT2D eigenvalue weighted by molar-refractivity contribution is -0.120. The molecule has 5 heterocycles. The van der Waals surface area contributed by atoms with Crippen LogP contribution in [0.15, 0.2) is 54.9 Å². The van der Waals surface area contributed by atoms with Gasteiger partial charge in [-0.1, -0.05) is 29.8 Å². The molecule has 0 bridgehead atoms. The van der Waals surface area contributed by atoms with Crippen LogP contribution in [0.1, 0.15) is 42.4 Å². The van der Waals surface area contributed by atoms with Gasteiger partial charge in [0.05, 0.1) is 23.5 Å². The number of ether oxygens (including phenoxy) is 1. The molecule has 2 atom stereocenters. The minimum absolute atomic E-state index is 0.0489. The maximum atomic E-state index is 15.5. The molecule has 2 fully saturated rings. The summed E-state index contributed by atoms with van der Waals surface area (Å²) >= 11 is 7.00. The van der Waals surface area contributed by atoms with Gasteiger partial charge in [-0.2, -0.15) is 0 Å². The van der Waals surface area contributed by atoms with Crippen molar-refractivity contribution in [3.8, 4) is 28.4 Å². The Balaban J connectivity index is 1.17. The quantitative estimate of drug-likeness (QED) is 0.135. The number of aromatic nitrogens is 3. The smallest absolute Gasteiger partial charge is 0.220 e. The van der Waals surface area contributed by atoms with Crippen LogP contribution in [0, 0.1) is 12.7 Å². The first-order chi connectivity index (χ1) is 23.3.